The highest BCUT2D eigenvalue weighted by Crippen LogP contribution is 2.31. The molecule has 1 aromatic heterocycles. The minimum atomic E-state index is -3.44. The van der Waals surface area contributed by atoms with Crippen molar-refractivity contribution >= 4 is 21.5 Å². The minimum Gasteiger partial charge on any atom is -0.393 e. The van der Waals surface area contributed by atoms with Crippen molar-refractivity contribution in [3.05, 3.63) is 0 Å². The maximum absolute atomic E-state index is 12.0. The third-order valence-corrected chi connectivity index (χ3v) is 4.63. The Kier molecular flexibility index (Phi) is 4.24. The van der Waals surface area contributed by atoms with Crippen LogP contribution < -0.4 is 10.6 Å². The van der Waals surface area contributed by atoms with E-state index >= 15 is 0 Å². The van der Waals surface area contributed by atoms with E-state index in [1.807, 2.05) is 11.8 Å². The maximum atomic E-state index is 12.0. The van der Waals surface area contributed by atoms with E-state index in [1.54, 1.807) is 4.68 Å². The summed E-state index contributed by atoms with van der Waals surface area (Å²) in [4.78, 5) is 2.01. The van der Waals surface area contributed by atoms with Gasteiger partial charge in [0, 0.05) is 25.9 Å². The summed E-state index contributed by atoms with van der Waals surface area (Å²) in [5.74, 6) is 0.626. The first-order valence-electron chi connectivity index (χ1n) is 6.84. The molecule has 1 aliphatic rings. The van der Waals surface area contributed by atoms with Crippen molar-refractivity contribution in [1.82, 2.24) is 9.78 Å². The Labute approximate surface area is 119 Å². The van der Waals surface area contributed by atoms with Crippen molar-refractivity contribution in [3.8, 4) is 0 Å². The number of nitrogens with two attached hydrogens (primary N) is 1. The molecule has 0 amide bonds. The highest BCUT2D eigenvalue weighted by atomic mass is 32.2. The number of anilines is 2. The third-order valence-electron chi connectivity index (χ3n) is 3.50. The fourth-order valence-electron chi connectivity index (χ4n) is 2.47. The fourth-order valence-corrected chi connectivity index (χ4v) is 3.45. The molecular weight excluding hydrogens is 280 g/mol. The molecule has 0 aromatic carbocycles. The van der Waals surface area contributed by atoms with Gasteiger partial charge in [-0.1, -0.05) is 6.92 Å². The van der Waals surface area contributed by atoms with Gasteiger partial charge in [0.15, 0.2) is 20.6 Å². The van der Waals surface area contributed by atoms with Crippen molar-refractivity contribution in [3.63, 3.8) is 0 Å². The minimum absolute atomic E-state index is 0.113. The zero-order valence-corrected chi connectivity index (χ0v) is 12.7. The van der Waals surface area contributed by atoms with Gasteiger partial charge < -0.3 is 15.7 Å². The third kappa shape index (κ3) is 2.90. The lowest BCUT2D eigenvalue weighted by atomic mass is 10.1. The molecule has 20 heavy (non-hydrogen) atoms. The molecule has 3 N–H and O–H groups in total. The van der Waals surface area contributed by atoms with Crippen LogP contribution in [0.5, 0.6) is 0 Å². The number of sulfone groups is 1. The van der Waals surface area contributed by atoms with Gasteiger partial charge in [-0.05, 0) is 19.3 Å². The van der Waals surface area contributed by atoms with Crippen molar-refractivity contribution in [1.29, 1.82) is 0 Å². The van der Waals surface area contributed by atoms with Crippen LogP contribution in [0.25, 0.3) is 0 Å². The Morgan fingerprint density at radius 2 is 2.00 bits per heavy atom. The Hall–Kier alpha value is -1.28. The van der Waals surface area contributed by atoms with Crippen molar-refractivity contribution in [2.24, 2.45) is 0 Å². The second-order valence-corrected chi connectivity index (χ2v) is 7.20. The molecule has 1 aliphatic heterocycles. The van der Waals surface area contributed by atoms with Crippen LogP contribution in [0.1, 0.15) is 26.2 Å². The molecule has 0 bridgehead atoms. The first kappa shape index (κ1) is 15.1. The van der Waals surface area contributed by atoms with E-state index in [1.165, 1.54) is 0 Å². The molecule has 0 radical (unpaired) electrons. The van der Waals surface area contributed by atoms with E-state index < -0.39 is 9.84 Å². The molecule has 2 rings (SSSR count). The summed E-state index contributed by atoms with van der Waals surface area (Å²) in [5, 5.41) is 13.9. The van der Waals surface area contributed by atoms with Gasteiger partial charge in [-0.3, -0.25) is 0 Å². The van der Waals surface area contributed by atoms with Crippen LogP contribution in [0.4, 0.5) is 11.6 Å². The van der Waals surface area contributed by atoms with Crippen LogP contribution in [-0.4, -0.2) is 48.8 Å². The molecule has 0 unspecified atom stereocenters. The van der Waals surface area contributed by atoms with Crippen LogP contribution in [0.3, 0.4) is 0 Å². The molecule has 0 atom stereocenters. The van der Waals surface area contributed by atoms with Gasteiger partial charge in [0.25, 0.3) is 0 Å². The lowest BCUT2D eigenvalue weighted by Gasteiger charge is -2.30. The quantitative estimate of drug-likeness (QED) is 0.826. The van der Waals surface area contributed by atoms with Gasteiger partial charge in [-0.15, -0.1) is 0 Å². The van der Waals surface area contributed by atoms with Crippen LogP contribution in [0, 0.1) is 0 Å². The zero-order chi connectivity index (χ0) is 14.9. The molecule has 1 saturated heterocycles. The lowest BCUT2D eigenvalue weighted by Crippen LogP contribution is -2.36. The van der Waals surface area contributed by atoms with E-state index in [-0.39, 0.29) is 16.8 Å². The van der Waals surface area contributed by atoms with E-state index in [4.69, 9.17) is 5.73 Å². The molecule has 8 heteroatoms. The van der Waals surface area contributed by atoms with Gasteiger partial charge in [0.05, 0.1) is 6.10 Å². The van der Waals surface area contributed by atoms with E-state index in [0.717, 1.165) is 12.7 Å². The van der Waals surface area contributed by atoms with Gasteiger partial charge in [0.2, 0.25) is 0 Å². The van der Waals surface area contributed by atoms with Crippen LogP contribution >= 0.6 is 0 Å². The summed E-state index contributed by atoms with van der Waals surface area (Å²) < 4.78 is 25.5. The molecule has 2 heterocycles. The van der Waals surface area contributed by atoms with E-state index in [0.29, 0.717) is 38.3 Å². The summed E-state index contributed by atoms with van der Waals surface area (Å²) in [5.41, 5.74) is 5.96. The average molecular weight is 302 g/mol. The average Bonchev–Trinajstić information content (AvgIpc) is 2.68. The zero-order valence-electron chi connectivity index (χ0n) is 11.9. The SMILES string of the molecule is CCCn1nc(N2CCC(O)CC2)c(S(C)(=O)=O)c1N. The van der Waals surface area contributed by atoms with Crippen molar-refractivity contribution in [2.75, 3.05) is 30.0 Å². The predicted molar refractivity (Wildman–Crippen MR) is 77.5 cm³/mol. The first-order valence-corrected chi connectivity index (χ1v) is 8.73. The number of piperidine rings is 1. The number of nitrogens with zero attached hydrogens (tertiary/aromatic N) is 3. The first-order chi connectivity index (χ1) is 9.34. The predicted octanol–water partition coefficient (Wildman–Crippen LogP) is 0.240. The van der Waals surface area contributed by atoms with Crippen molar-refractivity contribution in [2.45, 2.75) is 43.7 Å². The second-order valence-electron chi connectivity index (χ2n) is 5.25. The Morgan fingerprint density at radius 3 is 2.50 bits per heavy atom. The topological polar surface area (TPSA) is 101 Å². The molecule has 7 nitrogen and oxygen atoms in total. The van der Waals surface area contributed by atoms with Crippen molar-refractivity contribution < 1.29 is 13.5 Å². The molecular formula is C12H22N4O3S. The summed E-state index contributed by atoms with van der Waals surface area (Å²) in [6, 6.07) is 0. The number of aromatic nitrogens is 2. The van der Waals surface area contributed by atoms with E-state index in [9.17, 15) is 13.5 Å². The summed E-state index contributed by atoms with van der Waals surface area (Å²) in [6.45, 7) is 3.75. The monoisotopic (exact) mass is 302 g/mol. The van der Waals surface area contributed by atoms with Gasteiger partial charge in [-0.25, -0.2) is 13.1 Å². The molecule has 0 saturated carbocycles. The standard InChI is InChI=1S/C12H22N4O3S/c1-3-6-16-11(13)10(20(2,18)19)12(14-16)15-7-4-9(17)5-8-15/h9,17H,3-8,13H2,1-2H3. The number of aliphatic hydroxyl groups excluding tert-OH is 1. The van der Waals surface area contributed by atoms with Crippen LogP contribution in [0.2, 0.25) is 0 Å². The van der Waals surface area contributed by atoms with Crippen LogP contribution in [-0.2, 0) is 16.4 Å². The largest absolute Gasteiger partial charge is 0.393 e. The van der Waals surface area contributed by atoms with Crippen LogP contribution in [0.15, 0.2) is 4.90 Å². The normalized spacial score (nSPS) is 17.6. The highest BCUT2D eigenvalue weighted by Gasteiger charge is 2.29. The molecule has 0 aliphatic carbocycles. The molecule has 114 valence electrons. The highest BCUT2D eigenvalue weighted by molar-refractivity contribution is 7.91. The number of aryl methyl sites for hydroxylation is 1. The molecule has 0 spiro atoms. The maximum Gasteiger partial charge on any atom is 0.182 e. The molecule has 1 fully saturated rings. The number of rotatable bonds is 4. The lowest BCUT2D eigenvalue weighted by molar-refractivity contribution is 0.145. The second kappa shape index (κ2) is 5.61. The Bertz CT molecular complexity index is 574. The number of hydrogen-bond donors (Lipinski definition) is 2. The Morgan fingerprint density at radius 1 is 1.40 bits per heavy atom. The fraction of sp³-hybridized carbons (Fsp3) is 0.750. The van der Waals surface area contributed by atoms with E-state index in [2.05, 4.69) is 5.10 Å². The number of hydrogen-bond acceptors (Lipinski definition) is 6. The summed E-state index contributed by atoms with van der Waals surface area (Å²) >= 11 is 0. The summed E-state index contributed by atoms with van der Waals surface area (Å²) in [7, 11) is -3.44. The van der Waals surface area contributed by atoms with Gasteiger partial charge in [-0.2, -0.15) is 5.10 Å². The molecule has 1 aromatic rings. The summed E-state index contributed by atoms with van der Waals surface area (Å²) in [6.07, 6.45) is 2.89. The Balaban J connectivity index is 2.43. The smallest absolute Gasteiger partial charge is 0.182 e. The number of nitrogen functional groups attached to an aromatic ring is 1. The van der Waals surface area contributed by atoms with Gasteiger partial charge in [0.1, 0.15) is 5.82 Å². The van der Waals surface area contributed by atoms with Gasteiger partial charge >= 0.3 is 0 Å². The number of aliphatic hydroxyl groups is 1.